The molecular weight excluding hydrogens is 228 g/mol. The zero-order valence-corrected chi connectivity index (χ0v) is 12.2. The van der Waals surface area contributed by atoms with Crippen molar-refractivity contribution in [1.82, 2.24) is 0 Å². The van der Waals surface area contributed by atoms with Crippen molar-refractivity contribution in [3.63, 3.8) is 0 Å². The minimum atomic E-state index is 0.691. The number of benzene rings is 1. The third-order valence-corrected chi connectivity index (χ3v) is 3.85. The molecule has 0 bridgehead atoms. The molecule has 0 atom stereocenters. The Bertz CT molecular complexity index is 478. The molecule has 1 aromatic rings. The Balaban J connectivity index is 2.41. The molecule has 0 radical (unpaired) electrons. The van der Waals surface area contributed by atoms with Crippen LogP contribution in [0.4, 0.5) is 0 Å². The molecule has 0 unspecified atom stereocenters. The van der Waals surface area contributed by atoms with Crippen LogP contribution < -0.4 is 0 Å². The van der Waals surface area contributed by atoms with E-state index in [1.54, 1.807) is 0 Å². The van der Waals surface area contributed by atoms with Crippen molar-refractivity contribution in [2.75, 3.05) is 0 Å². The van der Waals surface area contributed by atoms with E-state index in [4.69, 9.17) is 0 Å². The quantitative estimate of drug-likeness (QED) is 0.473. The molecule has 0 nitrogen and oxygen atoms in total. The van der Waals surface area contributed by atoms with Crippen molar-refractivity contribution in [3.8, 4) is 0 Å². The predicted octanol–water partition coefficient (Wildman–Crippen LogP) is 5.77. The Hall–Kier alpha value is -1.52. The van der Waals surface area contributed by atoms with Crippen LogP contribution in [-0.4, -0.2) is 0 Å². The van der Waals surface area contributed by atoms with Gasteiger partial charge in [0.05, 0.1) is 0 Å². The minimum Gasteiger partial charge on any atom is -0.113 e. The first-order valence-electron chi connectivity index (χ1n) is 7.47. The number of hydrogen-bond acceptors (Lipinski definition) is 0. The van der Waals surface area contributed by atoms with E-state index in [2.05, 4.69) is 62.1 Å². The minimum absolute atomic E-state index is 0.691. The molecule has 0 heterocycles. The molecule has 1 saturated carbocycles. The molecule has 0 spiro atoms. The average Bonchev–Trinajstić information content (AvgIpc) is 2.47. The van der Waals surface area contributed by atoms with E-state index in [0.29, 0.717) is 5.92 Å². The lowest BCUT2D eigenvalue weighted by atomic mass is 9.81. The fourth-order valence-electron chi connectivity index (χ4n) is 2.92. The molecule has 1 fully saturated rings. The molecule has 0 aliphatic heterocycles. The van der Waals surface area contributed by atoms with Crippen molar-refractivity contribution in [2.24, 2.45) is 5.92 Å². The first kappa shape index (κ1) is 13.9. The molecule has 1 aliphatic carbocycles. The molecule has 0 amide bonds. The van der Waals surface area contributed by atoms with E-state index in [1.165, 1.54) is 48.8 Å². The van der Waals surface area contributed by atoms with Crippen LogP contribution in [0.1, 0.15) is 51.5 Å². The zero-order valence-electron chi connectivity index (χ0n) is 12.2. The lowest BCUT2D eigenvalue weighted by Gasteiger charge is -2.23. The van der Waals surface area contributed by atoms with Crippen molar-refractivity contribution < 1.29 is 0 Å². The summed E-state index contributed by atoms with van der Waals surface area (Å²) >= 11 is 0. The summed E-state index contributed by atoms with van der Waals surface area (Å²) in [5.74, 6) is 0.691. The van der Waals surface area contributed by atoms with Gasteiger partial charge in [0.1, 0.15) is 0 Å². The van der Waals surface area contributed by atoms with Gasteiger partial charge in [0, 0.05) is 5.57 Å². The van der Waals surface area contributed by atoms with Gasteiger partial charge in [-0.05, 0) is 43.7 Å². The van der Waals surface area contributed by atoms with E-state index < -0.39 is 0 Å². The topological polar surface area (TPSA) is 0 Å². The fraction of sp³-hybridized carbons (Fsp3) is 0.421. The van der Waals surface area contributed by atoms with E-state index in [9.17, 15) is 0 Å². The van der Waals surface area contributed by atoms with Crippen molar-refractivity contribution in [1.29, 1.82) is 0 Å². The third kappa shape index (κ3) is 3.98. The summed E-state index contributed by atoms with van der Waals surface area (Å²) in [6, 6.07) is 10.8. The number of allylic oxidation sites excluding steroid dienone is 3. The third-order valence-electron chi connectivity index (χ3n) is 3.85. The molecule has 100 valence electrons. The maximum Gasteiger partial charge on any atom is 0.00458 e. The molecule has 0 aromatic heterocycles. The van der Waals surface area contributed by atoms with Crippen LogP contribution in [0.15, 0.2) is 53.8 Å². The second-order valence-corrected chi connectivity index (χ2v) is 5.42. The van der Waals surface area contributed by atoms with Gasteiger partial charge in [-0.3, -0.25) is 0 Å². The SMILES string of the molecule is C/C=C/C(C)=C=C(c1ccccc1)C1CCCCC1. The number of rotatable bonds is 3. The van der Waals surface area contributed by atoms with Crippen molar-refractivity contribution in [3.05, 3.63) is 59.4 Å². The normalized spacial score (nSPS) is 16.3. The van der Waals surface area contributed by atoms with Crippen LogP contribution >= 0.6 is 0 Å². The van der Waals surface area contributed by atoms with Gasteiger partial charge >= 0.3 is 0 Å². The second-order valence-electron chi connectivity index (χ2n) is 5.42. The van der Waals surface area contributed by atoms with Crippen LogP contribution in [0.2, 0.25) is 0 Å². The fourth-order valence-corrected chi connectivity index (χ4v) is 2.92. The van der Waals surface area contributed by atoms with Gasteiger partial charge in [0.25, 0.3) is 0 Å². The summed E-state index contributed by atoms with van der Waals surface area (Å²) in [5.41, 5.74) is 7.64. The summed E-state index contributed by atoms with van der Waals surface area (Å²) < 4.78 is 0. The van der Waals surface area contributed by atoms with Crippen LogP contribution in [0.25, 0.3) is 5.57 Å². The molecule has 1 aromatic carbocycles. The van der Waals surface area contributed by atoms with Crippen LogP contribution in [-0.2, 0) is 0 Å². The smallest absolute Gasteiger partial charge is 0.00458 e. The van der Waals surface area contributed by atoms with Gasteiger partial charge in [-0.25, -0.2) is 0 Å². The summed E-state index contributed by atoms with van der Waals surface area (Å²) in [6.07, 6.45) is 11.0. The van der Waals surface area contributed by atoms with Gasteiger partial charge < -0.3 is 0 Å². The first-order valence-corrected chi connectivity index (χ1v) is 7.47. The molecule has 19 heavy (non-hydrogen) atoms. The van der Waals surface area contributed by atoms with Crippen molar-refractivity contribution in [2.45, 2.75) is 46.0 Å². The molecule has 1 aliphatic rings. The van der Waals surface area contributed by atoms with E-state index in [1.807, 2.05) is 0 Å². The predicted molar refractivity (Wildman–Crippen MR) is 83.9 cm³/mol. The van der Waals surface area contributed by atoms with Gasteiger partial charge in [-0.1, -0.05) is 61.7 Å². The average molecular weight is 252 g/mol. The summed E-state index contributed by atoms with van der Waals surface area (Å²) in [5, 5.41) is 0. The lowest BCUT2D eigenvalue weighted by Crippen LogP contribution is -2.08. The monoisotopic (exact) mass is 252 g/mol. The molecule has 0 N–H and O–H groups in total. The van der Waals surface area contributed by atoms with Gasteiger partial charge in [0.2, 0.25) is 0 Å². The van der Waals surface area contributed by atoms with E-state index >= 15 is 0 Å². The van der Waals surface area contributed by atoms with Crippen molar-refractivity contribution >= 4 is 5.57 Å². The van der Waals surface area contributed by atoms with E-state index in [0.717, 1.165) is 0 Å². The second kappa shape index (κ2) is 7.16. The maximum absolute atomic E-state index is 3.65. The van der Waals surface area contributed by atoms with Crippen LogP contribution in [0, 0.1) is 5.92 Å². The summed E-state index contributed by atoms with van der Waals surface area (Å²) in [4.78, 5) is 0. The highest BCUT2D eigenvalue weighted by atomic mass is 14.2. The molecule has 0 heteroatoms. The highest BCUT2D eigenvalue weighted by Crippen LogP contribution is 2.34. The Morgan fingerprint density at radius 2 is 1.79 bits per heavy atom. The summed E-state index contributed by atoms with van der Waals surface area (Å²) in [7, 11) is 0. The Labute approximate surface area is 117 Å². The molecule has 0 saturated heterocycles. The Kier molecular flexibility index (Phi) is 5.24. The first-order chi connectivity index (χ1) is 9.31. The lowest BCUT2D eigenvalue weighted by molar-refractivity contribution is 0.429. The van der Waals surface area contributed by atoms with Gasteiger partial charge in [0.15, 0.2) is 0 Å². The van der Waals surface area contributed by atoms with E-state index in [-0.39, 0.29) is 0 Å². The highest BCUT2D eigenvalue weighted by molar-refractivity contribution is 5.67. The Morgan fingerprint density at radius 1 is 1.11 bits per heavy atom. The zero-order chi connectivity index (χ0) is 13.5. The standard InChI is InChI=1S/C19H24/c1-3-10-16(2)15-19(17-11-6-4-7-12-17)18-13-8-5-9-14-18/h3-4,6-7,10-12,18H,5,8-9,13-14H2,1-2H3/b10-3+. The van der Waals surface area contributed by atoms with Crippen LogP contribution in [0.5, 0.6) is 0 Å². The summed E-state index contributed by atoms with van der Waals surface area (Å²) in [6.45, 7) is 4.21. The van der Waals surface area contributed by atoms with Gasteiger partial charge in [-0.2, -0.15) is 0 Å². The largest absolute Gasteiger partial charge is 0.113 e. The Morgan fingerprint density at radius 3 is 2.42 bits per heavy atom. The maximum atomic E-state index is 3.65. The van der Waals surface area contributed by atoms with Gasteiger partial charge in [-0.15, -0.1) is 5.73 Å². The highest BCUT2D eigenvalue weighted by Gasteiger charge is 2.18. The molecule has 2 rings (SSSR count). The number of hydrogen-bond donors (Lipinski definition) is 0. The molecular formula is C19H24. The van der Waals surface area contributed by atoms with Crippen LogP contribution in [0.3, 0.4) is 0 Å².